The Balaban J connectivity index is 2.01. The first-order valence-electron chi connectivity index (χ1n) is 9.00. The molecule has 0 atom stereocenters. The molecule has 0 aliphatic carbocycles. The topological polar surface area (TPSA) is 55.8 Å². The molecule has 0 aliphatic rings. The van der Waals surface area contributed by atoms with Crippen LogP contribution >= 0.6 is 0 Å². The van der Waals surface area contributed by atoms with Gasteiger partial charge < -0.3 is 14.4 Å². The van der Waals surface area contributed by atoms with Crippen LogP contribution in [0.15, 0.2) is 54.6 Å². The fourth-order valence-corrected chi connectivity index (χ4v) is 2.54. The number of carbonyl (C=O) groups is 2. The van der Waals surface area contributed by atoms with Crippen LogP contribution in [0.1, 0.15) is 23.6 Å². The Morgan fingerprint density at radius 2 is 1.62 bits per heavy atom. The lowest BCUT2D eigenvalue weighted by atomic mass is 10.1. The zero-order valence-electron chi connectivity index (χ0n) is 15.9. The molecule has 0 heterocycles. The maximum atomic E-state index is 12.7. The number of esters is 1. The third-order valence-electron chi connectivity index (χ3n) is 3.97. The summed E-state index contributed by atoms with van der Waals surface area (Å²) in [6, 6.07) is 13.7. The van der Waals surface area contributed by atoms with Crippen molar-refractivity contribution in [1.82, 2.24) is 4.90 Å². The largest absolute Gasteiger partial charge is 0.465 e. The van der Waals surface area contributed by atoms with Gasteiger partial charge in [0.15, 0.2) is 0 Å². The number of amides is 1. The zero-order chi connectivity index (χ0) is 21.3. The maximum absolute atomic E-state index is 12.7. The molecule has 5 nitrogen and oxygen atoms in total. The summed E-state index contributed by atoms with van der Waals surface area (Å²) in [5.41, 5.74) is 0.564. The molecular formula is C21H22F3NO4. The highest BCUT2D eigenvalue weighted by Gasteiger charge is 2.30. The van der Waals surface area contributed by atoms with Crippen molar-refractivity contribution >= 4 is 11.9 Å². The van der Waals surface area contributed by atoms with Crippen LogP contribution in [0.2, 0.25) is 0 Å². The van der Waals surface area contributed by atoms with Crippen molar-refractivity contribution in [3.05, 3.63) is 71.3 Å². The SMILES string of the molecule is CCOC(=O)CN(Cc1ccc(C(F)(F)F)cc1)C(=O)COCc1ccccc1. The van der Waals surface area contributed by atoms with Crippen LogP contribution in [-0.4, -0.2) is 36.5 Å². The molecule has 29 heavy (non-hydrogen) atoms. The predicted molar refractivity (Wildman–Crippen MR) is 99.6 cm³/mol. The first-order chi connectivity index (χ1) is 13.8. The minimum absolute atomic E-state index is 0.0372. The summed E-state index contributed by atoms with van der Waals surface area (Å²) in [6.45, 7) is 1.40. The van der Waals surface area contributed by atoms with E-state index in [1.54, 1.807) is 6.92 Å². The fourth-order valence-electron chi connectivity index (χ4n) is 2.54. The lowest BCUT2D eigenvalue weighted by Gasteiger charge is -2.22. The van der Waals surface area contributed by atoms with Gasteiger partial charge in [-0.05, 0) is 30.2 Å². The Bertz CT molecular complexity index is 792. The van der Waals surface area contributed by atoms with E-state index < -0.39 is 23.6 Å². The Kier molecular flexibility index (Phi) is 8.21. The Hall–Kier alpha value is -2.87. The fraction of sp³-hybridized carbons (Fsp3) is 0.333. The van der Waals surface area contributed by atoms with Crippen LogP contribution in [0.4, 0.5) is 13.2 Å². The molecule has 0 N–H and O–H groups in total. The molecule has 2 rings (SSSR count). The third-order valence-corrected chi connectivity index (χ3v) is 3.97. The molecule has 0 saturated carbocycles. The number of ether oxygens (including phenoxy) is 2. The van der Waals surface area contributed by atoms with Gasteiger partial charge in [0, 0.05) is 6.54 Å². The van der Waals surface area contributed by atoms with Gasteiger partial charge in [-0.3, -0.25) is 9.59 Å². The molecule has 1 amide bonds. The van der Waals surface area contributed by atoms with Gasteiger partial charge in [0.25, 0.3) is 0 Å². The summed E-state index contributed by atoms with van der Waals surface area (Å²) in [6.07, 6.45) is -4.44. The minimum atomic E-state index is -4.44. The second kappa shape index (κ2) is 10.6. The molecule has 0 aromatic heterocycles. The number of halogens is 3. The van der Waals surface area contributed by atoms with E-state index in [4.69, 9.17) is 9.47 Å². The third kappa shape index (κ3) is 7.57. The molecule has 2 aromatic carbocycles. The normalized spacial score (nSPS) is 11.2. The van der Waals surface area contributed by atoms with Crippen molar-refractivity contribution in [1.29, 1.82) is 0 Å². The number of carbonyl (C=O) groups excluding carboxylic acids is 2. The van der Waals surface area contributed by atoms with Gasteiger partial charge in [0.05, 0.1) is 18.8 Å². The van der Waals surface area contributed by atoms with Gasteiger partial charge in [-0.15, -0.1) is 0 Å². The number of rotatable bonds is 9. The smallest absolute Gasteiger partial charge is 0.416 e. The van der Waals surface area contributed by atoms with Crippen molar-refractivity contribution in [2.75, 3.05) is 19.8 Å². The van der Waals surface area contributed by atoms with E-state index in [1.807, 2.05) is 30.3 Å². The second-order valence-electron chi connectivity index (χ2n) is 6.23. The molecule has 0 aliphatic heterocycles. The van der Waals surface area contributed by atoms with E-state index in [-0.39, 0.29) is 32.9 Å². The van der Waals surface area contributed by atoms with Crippen molar-refractivity contribution in [2.45, 2.75) is 26.3 Å². The summed E-state index contributed by atoms with van der Waals surface area (Å²) in [5.74, 6) is -1.07. The lowest BCUT2D eigenvalue weighted by Crippen LogP contribution is -2.38. The van der Waals surface area contributed by atoms with Crippen molar-refractivity contribution in [3.63, 3.8) is 0 Å². The zero-order valence-corrected chi connectivity index (χ0v) is 15.9. The van der Waals surface area contributed by atoms with Crippen LogP contribution in [0, 0.1) is 0 Å². The highest BCUT2D eigenvalue weighted by molar-refractivity contribution is 5.82. The standard InChI is InChI=1S/C21H22F3NO4/c1-2-29-20(27)13-25(12-16-8-10-18(11-9-16)21(22,23)24)19(26)15-28-14-17-6-4-3-5-7-17/h3-11H,2,12-15H2,1H3. The summed E-state index contributed by atoms with van der Waals surface area (Å²) in [5, 5.41) is 0. The number of hydrogen-bond donors (Lipinski definition) is 0. The number of hydrogen-bond acceptors (Lipinski definition) is 4. The molecule has 156 valence electrons. The summed E-state index contributed by atoms with van der Waals surface area (Å²) < 4.78 is 48.4. The van der Waals surface area contributed by atoms with Gasteiger partial charge in [-0.1, -0.05) is 42.5 Å². The number of nitrogens with zero attached hydrogens (tertiary/aromatic N) is 1. The van der Waals surface area contributed by atoms with Crippen molar-refractivity contribution in [3.8, 4) is 0 Å². The monoisotopic (exact) mass is 409 g/mol. The molecule has 0 bridgehead atoms. The Labute approximate surface area is 167 Å². The van der Waals surface area contributed by atoms with Gasteiger partial charge >= 0.3 is 12.1 Å². The Morgan fingerprint density at radius 3 is 2.21 bits per heavy atom. The van der Waals surface area contributed by atoms with Gasteiger partial charge in [-0.25, -0.2) is 0 Å². The highest BCUT2D eigenvalue weighted by Crippen LogP contribution is 2.29. The molecule has 0 radical (unpaired) electrons. The van der Waals surface area contributed by atoms with Gasteiger partial charge in [0.2, 0.25) is 5.91 Å². The molecule has 0 saturated heterocycles. The van der Waals surface area contributed by atoms with Crippen LogP contribution in [0.25, 0.3) is 0 Å². The quantitative estimate of drug-likeness (QED) is 0.591. The average Bonchev–Trinajstić information content (AvgIpc) is 2.68. The molecule has 0 spiro atoms. The second-order valence-corrected chi connectivity index (χ2v) is 6.23. The molecule has 0 unspecified atom stereocenters. The van der Waals surface area contributed by atoms with Crippen LogP contribution < -0.4 is 0 Å². The van der Waals surface area contributed by atoms with Crippen molar-refractivity contribution in [2.24, 2.45) is 0 Å². The highest BCUT2D eigenvalue weighted by atomic mass is 19.4. The first-order valence-corrected chi connectivity index (χ1v) is 9.00. The number of benzene rings is 2. The predicted octanol–water partition coefficient (Wildman–Crippen LogP) is 3.81. The molecule has 8 heteroatoms. The summed E-state index contributed by atoms with van der Waals surface area (Å²) in [7, 11) is 0. The summed E-state index contributed by atoms with van der Waals surface area (Å²) in [4.78, 5) is 25.5. The van der Waals surface area contributed by atoms with Crippen LogP contribution in [0.5, 0.6) is 0 Å². The van der Waals surface area contributed by atoms with E-state index in [9.17, 15) is 22.8 Å². The molecule has 0 fully saturated rings. The maximum Gasteiger partial charge on any atom is 0.416 e. The van der Waals surface area contributed by atoms with Gasteiger partial charge in [-0.2, -0.15) is 13.2 Å². The van der Waals surface area contributed by atoms with E-state index in [0.29, 0.717) is 5.56 Å². The lowest BCUT2D eigenvalue weighted by molar-refractivity contribution is -0.151. The molecule has 2 aromatic rings. The number of alkyl halides is 3. The average molecular weight is 409 g/mol. The van der Waals surface area contributed by atoms with Crippen LogP contribution in [0.3, 0.4) is 0 Å². The summed E-state index contributed by atoms with van der Waals surface area (Å²) >= 11 is 0. The van der Waals surface area contributed by atoms with E-state index in [1.165, 1.54) is 17.0 Å². The van der Waals surface area contributed by atoms with Crippen molar-refractivity contribution < 1.29 is 32.2 Å². The van der Waals surface area contributed by atoms with Crippen LogP contribution in [-0.2, 0) is 38.4 Å². The molecular weight excluding hydrogens is 387 g/mol. The van der Waals surface area contributed by atoms with E-state index >= 15 is 0 Å². The van der Waals surface area contributed by atoms with E-state index in [0.717, 1.165) is 17.7 Å². The Morgan fingerprint density at radius 1 is 0.966 bits per heavy atom. The minimum Gasteiger partial charge on any atom is -0.465 e. The van der Waals surface area contributed by atoms with E-state index in [2.05, 4.69) is 0 Å². The first kappa shape index (κ1) is 22.4. The van der Waals surface area contributed by atoms with Gasteiger partial charge in [0.1, 0.15) is 13.2 Å².